The predicted molar refractivity (Wildman–Crippen MR) is 180 cm³/mol. The lowest BCUT2D eigenvalue weighted by molar-refractivity contribution is -0.143. The Kier molecular flexibility index (Phi) is 10.9. The van der Waals surface area contributed by atoms with Gasteiger partial charge in [0.05, 0.1) is 46.6 Å². The fourth-order valence-corrected chi connectivity index (χ4v) is 6.55. The fraction of sp³-hybridized carbons (Fsp3) is 0.257. The highest BCUT2D eigenvalue weighted by atomic mass is 79.9. The van der Waals surface area contributed by atoms with Crippen LogP contribution in [0.1, 0.15) is 43.5 Å². The molecule has 0 saturated carbocycles. The molecule has 47 heavy (non-hydrogen) atoms. The van der Waals surface area contributed by atoms with Crippen LogP contribution in [-0.4, -0.2) is 43.4 Å². The molecular weight excluding hydrogens is 688 g/mol. The van der Waals surface area contributed by atoms with Gasteiger partial charge >= 0.3 is 11.9 Å². The van der Waals surface area contributed by atoms with Gasteiger partial charge in [0.2, 0.25) is 0 Å². The average Bonchev–Trinajstić information content (AvgIpc) is 3.37. The number of methoxy groups -OCH3 is 1. The molecule has 3 aromatic carbocycles. The van der Waals surface area contributed by atoms with Crippen molar-refractivity contribution in [2.75, 3.05) is 26.9 Å². The fourth-order valence-electron chi connectivity index (χ4n) is 5.00. The topological polar surface area (TPSA) is 115 Å². The summed E-state index contributed by atoms with van der Waals surface area (Å²) in [5.41, 5.74) is 2.75. The van der Waals surface area contributed by atoms with E-state index in [2.05, 4.69) is 25.7 Å². The Morgan fingerprint density at radius 3 is 2.43 bits per heavy atom. The molecule has 1 aliphatic heterocycles. The number of ether oxygens (including phenoxy) is 5. The lowest BCUT2D eigenvalue weighted by Crippen LogP contribution is -2.40. The summed E-state index contributed by atoms with van der Waals surface area (Å²) < 4.78 is 30.2. The highest BCUT2D eigenvalue weighted by Crippen LogP contribution is 2.36. The van der Waals surface area contributed by atoms with E-state index in [9.17, 15) is 14.4 Å². The standard InChI is InChI=1S/C35H33BrN2O8S/c1-5-43-28-18-24(13-15-27(28)46-20-30(39)42-4)32-31(34(41)44-6-2)21(3)37-35-38(32)33(40)29(47-35)17-23-12-14-26(25(36)16-23)45-19-22-10-8-7-9-11-22/h7-18,32H,5-6,19-20H2,1-4H3/b29-17-/t32-/m1/s1. The molecule has 1 atom stereocenters. The van der Waals surface area contributed by atoms with Crippen molar-refractivity contribution >= 4 is 45.3 Å². The second-order valence-corrected chi connectivity index (χ2v) is 12.1. The second kappa shape index (κ2) is 15.3. The summed E-state index contributed by atoms with van der Waals surface area (Å²) in [6, 6.07) is 19.7. The zero-order valence-electron chi connectivity index (χ0n) is 26.3. The minimum absolute atomic E-state index is 0.150. The molecule has 12 heteroatoms. The first kappa shape index (κ1) is 33.7. The number of carbonyl (C=O) groups excluding carboxylic acids is 2. The molecule has 4 aromatic rings. The van der Waals surface area contributed by atoms with Crippen LogP contribution in [-0.2, 0) is 25.7 Å². The number of fused-ring (bicyclic) bond motifs is 1. The maximum atomic E-state index is 14.1. The summed E-state index contributed by atoms with van der Waals surface area (Å²) in [4.78, 5) is 44.2. The first-order valence-corrected chi connectivity index (χ1v) is 16.5. The molecule has 0 aliphatic carbocycles. The van der Waals surface area contributed by atoms with Crippen molar-refractivity contribution in [3.05, 3.63) is 119 Å². The molecule has 0 unspecified atom stereocenters. The summed E-state index contributed by atoms with van der Waals surface area (Å²) in [5.74, 6) is 0.202. The van der Waals surface area contributed by atoms with Gasteiger partial charge in [0, 0.05) is 0 Å². The number of benzene rings is 3. The summed E-state index contributed by atoms with van der Waals surface area (Å²) in [7, 11) is 1.27. The number of allylic oxidation sites excluding steroid dienone is 1. The number of carbonyl (C=O) groups is 2. The van der Waals surface area contributed by atoms with Gasteiger partial charge in [-0.05, 0) is 83.7 Å². The molecule has 0 bridgehead atoms. The van der Waals surface area contributed by atoms with E-state index in [4.69, 9.17) is 18.9 Å². The normalized spacial score (nSPS) is 14.2. The molecule has 5 rings (SSSR count). The first-order chi connectivity index (χ1) is 22.7. The molecule has 1 aliphatic rings. The van der Waals surface area contributed by atoms with Crippen molar-refractivity contribution in [3.63, 3.8) is 0 Å². The number of hydrogen-bond donors (Lipinski definition) is 0. The molecule has 0 radical (unpaired) electrons. The molecule has 0 saturated heterocycles. The van der Waals surface area contributed by atoms with E-state index in [0.717, 1.165) is 15.6 Å². The third-order valence-electron chi connectivity index (χ3n) is 7.16. The minimum atomic E-state index is -0.859. The van der Waals surface area contributed by atoms with Crippen molar-refractivity contribution in [1.82, 2.24) is 4.57 Å². The predicted octanol–water partition coefficient (Wildman–Crippen LogP) is 5.09. The summed E-state index contributed by atoms with van der Waals surface area (Å²) in [6.45, 7) is 5.82. The maximum absolute atomic E-state index is 14.1. The SMILES string of the molecule is CCOC(=O)C1=C(C)N=c2s/c(=C\c3ccc(OCc4ccccc4)c(Br)c3)c(=O)n2[C@@H]1c1ccc(OCC(=O)OC)c(OCC)c1. The summed E-state index contributed by atoms with van der Waals surface area (Å²) in [6.07, 6.45) is 1.78. The smallest absolute Gasteiger partial charge is 0.343 e. The second-order valence-electron chi connectivity index (χ2n) is 10.3. The van der Waals surface area contributed by atoms with Gasteiger partial charge in [0.1, 0.15) is 12.4 Å². The number of rotatable bonds is 12. The Morgan fingerprint density at radius 1 is 0.957 bits per heavy atom. The molecule has 0 amide bonds. The van der Waals surface area contributed by atoms with Crippen LogP contribution in [0.2, 0.25) is 0 Å². The zero-order chi connectivity index (χ0) is 33.5. The Morgan fingerprint density at radius 2 is 1.72 bits per heavy atom. The van der Waals surface area contributed by atoms with Crippen LogP contribution in [0.4, 0.5) is 0 Å². The number of esters is 2. The van der Waals surface area contributed by atoms with Crippen LogP contribution in [0.25, 0.3) is 6.08 Å². The lowest BCUT2D eigenvalue weighted by Gasteiger charge is -2.25. The van der Waals surface area contributed by atoms with Gasteiger partial charge in [0.15, 0.2) is 22.9 Å². The largest absolute Gasteiger partial charge is 0.490 e. The molecule has 0 fully saturated rings. The van der Waals surface area contributed by atoms with Crippen LogP contribution in [0, 0.1) is 0 Å². The summed E-state index contributed by atoms with van der Waals surface area (Å²) >= 11 is 4.82. The number of halogens is 1. The number of hydrogen-bond acceptors (Lipinski definition) is 10. The van der Waals surface area contributed by atoms with Crippen molar-refractivity contribution in [3.8, 4) is 17.2 Å². The minimum Gasteiger partial charge on any atom is -0.490 e. The number of nitrogens with zero attached hydrogens (tertiary/aromatic N) is 2. The summed E-state index contributed by atoms with van der Waals surface area (Å²) in [5, 5.41) is 0. The molecule has 0 N–H and O–H groups in total. The maximum Gasteiger partial charge on any atom is 0.343 e. The Hall–Kier alpha value is -4.68. The van der Waals surface area contributed by atoms with Gasteiger partial charge in [0.25, 0.3) is 5.56 Å². The molecule has 1 aromatic heterocycles. The van der Waals surface area contributed by atoms with Crippen molar-refractivity contribution in [2.24, 2.45) is 4.99 Å². The van der Waals surface area contributed by atoms with E-state index in [1.165, 1.54) is 23.0 Å². The molecule has 2 heterocycles. The third-order valence-corrected chi connectivity index (χ3v) is 8.77. The zero-order valence-corrected chi connectivity index (χ0v) is 28.7. The van der Waals surface area contributed by atoms with E-state index in [1.54, 1.807) is 38.1 Å². The number of aromatic nitrogens is 1. The van der Waals surface area contributed by atoms with Crippen molar-refractivity contribution < 1.29 is 33.3 Å². The van der Waals surface area contributed by atoms with Crippen LogP contribution in [0.5, 0.6) is 17.2 Å². The first-order valence-electron chi connectivity index (χ1n) is 14.9. The van der Waals surface area contributed by atoms with Gasteiger partial charge in [-0.3, -0.25) is 9.36 Å². The Balaban J connectivity index is 1.55. The van der Waals surface area contributed by atoms with Crippen molar-refractivity contribution in [2.45, 2.75) is 33.4 Å². The highest BCUT2D eigenvalue weighted by Gasteiger charge is 2.34. The van der Waals surface area contributed by atoms with Crippen LogP contribution >= 0.6 is 27.3 Å². The Labute approximate surface area is 283 Å². The molecule has 0 spiro atoms. The van der Waals surface area contributed by atoms with Crippen LogP contribution < -0.4 is 29.1 Å². The molecule has 10 nitrogen and oxygen atoms in total. The van der Waals surface area contributed by atoms with Gasteiger partial charge in [-0.25, -0.2) is 14.6 Å². The van der Waals surface area contributed by atoms with E-state index < -0.39 is 18.0 Å². The van der Waals surface area contributed by atoms with E-state index >= 15 is 0 Å². The van der Waals surface area contributed by atoms with E-state index in [0.29, 0.717) is 51.1 Å². The molecular formula is C35H33BrN2O8S. The van der Waals surface area contributed by atoms with E-state index in [-0.39, 0.29) is 24.3 Å². The Bertz CT molecular complexity index is 2000. The monoisotopic (exact) mass is 720 g/mol. The van der Waals surface area contributed by atoms with Crippen molar-refractivity contribution in [1.29, 1.82) is 0 Å². The van der Waals surface area contributed by atoms with Crippen LogP contribution in [0.3, 0.4) is 0 Å². The van der Waals surface area contributed by atoms with Crippen LogP contribution in [0.15, 0.2) is 92.3 Å². The van der Waals surface area contributed by atoms with Gasteiger partial charge < -0.3 is 23.7 Å². The number of thiazole rings is 1. The van der Waals surface area contributed by atoms with E-state index in [1.807, 2.05) is 55.5 Å². The highest BCUT2D eigenvalue weighted by molar-refractivity contribution is 9.10. The van der Waals surface area contributed by atoms with Gasteiger partial charge in [-0.1, -0.05) is 53.8 Å². The quantitative estimate of drug-likeness (QED) is 0.186. The average molecular weight is 722 g/mol. The third kappa shape index (κ3) is 7.66. The lowest BCUT2D eigenvalue weighted by atomic mass is 9.95. The molecule has 244 valence electrons. The van der Waals surface area contributed by atoms with Gasteiger partial charge in [-0.15, -0.1) is 0 Å². The van der Waals surface area contributed by atoms with Gasteiger partial charge in [-0.2, -0.15) is 0 Å².